The summed E-state index contributed by atoms with van der Waals surface area (Å²) in [6.45, 7) is 6.80. The van der Waals surface area contributed by atoms with E-state index < -0.39 is 0 Å². The first-order chi connectivity index (χ1) is 10.6. The van der Waals surface area contributed by atoms with Crippen LogP contribution in [0.5, 0.6) is 0 Å². The van der Waals surface area contributed by atoms with Crippen LogP contribution >= 0.6 is 12.2 Å². The van der Waals surface area contributed by atoms with Crippen molar-refractivity contribution in [1.82, 2.24) is 4.57 Å². The molecule has 1 aromatic heterocycles. The minimum Gasteiger partial charge on any atom is -0.336 e. The van der Waals surface area contributed by atoms with Gasteiger partial charge in [-0.05, 0) is 43.1 Å². The highest BCUT2D eigenvalue weighted by molar-refractivity contribution is 7.71. The number of pyridine rings is 1. The van der Waals surface area contributed by atoms with E-state index in [1.54, 1.807) is 0 Å². The lowest BCUT2D eigenvalue weighted by molar-refractivity contribution is 0.352. The maximum absolute atomic E-state index is 5.81. The number of aryl methyl sites for hydroxylation is 1. The van der Waals surface area contributed by atoms with Crippen LogP contribution in [-0.2, 0) is 0 Å². The molecule has 1 nitrogen and oxygen atoms in total. The molecule has 1 aliphatic rings. The van der Waals surface area contributed by atoms with E-state index in [2.05, 4.69) is 55.8 Å². The smallest absolute Gasteiger partial charge is 0.114 e. The Bertz CT molecular complexity index is 715. The lowest BCUT2D eigenvalue weighted by atomic mass is 9.90. The number of hydrogen-bond acceptors (Lipinski definition) is 1. The number of hydrogen-bond donors (Lipinski definition) is 0. The van der Waals surface area contributed by atoms with E-state index in [0.29, 0.717) is 6.04 Å². The summed E-state index contributed by atoms with van der Waals surface area (Å²) in [6, 6.07) is 9.44. The van der Waals surface area contributed by atoms with Crippen molar-refractivity contribution in [2.75, 3.05) is 0 Å². The molecule has 2 heteroatoms. The van der Waals surface area contributed by atoms with Gasteiger partial charge in [-0.1, -0.05) is 69.1 Å². The summed E-state index contributed by atoms with van der Waals surface area (Å²) in [5, 5.41) is 2.51. The van der Waals surface area contributed by atoms with Crippen LogP contribution in [0, 0.1) is 23.4 Å². The molecule has 0 aliphatic heterocycles. The monoisotopic (exact) mass is 313 g/mol. The van der Waals surface area contributed by atoms with Gasteiger partial charge in [0.2, 0.25) is 0 Å². The highest BCUT2D eigenvalue weighted by Crippen LogP contribution is 2.43. The van der Waals surface area contributed by atoms with Crippen molar-refractivity contribution in [1.29, 1.82) is 0 Å². The molecule has 22 heavy (non-hydrogen) atoms. The Balaban J connectivity index is 1.96. The summed E-state index contributed by atoms with van der Waals surface area (Å²) in [5.74, 6) is 1.76. The second kappa shape index (κ2) is 6.54. The van der Waals surface area contributed by atoms with Crippen molar-refractivity contribution in [3.05, 3.63) is 40.7 Å². The van der Waals surface area contributed by atoms with Crippen molar-refractivity contribution in [2.45, 2.75) is 58.9 Å². The fourth-order valence-corrected chi connectivity index (χ4v) is 4.70. The van der Waals surface area contributed by atoms with Crippen molar-refractivity contribution < 1.29 is 0 Å². The lowest BCUT2D eigenvalue weighted by Gasteiger charge is -2.17. The third kappa shape index (κ3) is 2.86. The Kier molecular flexibility index (Phi) is 4.67. The van der Waals surface area contributed by atoms with Crippen molar-refractivity contribution >= 4 is 23.0 Å². The fourth-order valence-electron chi connectivity index (χ4n) is 4.30. The average Bonchev–Trinajstić information content (AvgIpc) is 2.90. The first-order valence-electron chi connectivity index (χ1n) is 8.75. The predicted molar refractivity (Wildman–Crippen MR) is 98.0 cm³/mol. The van der Waals surface area contributed by atoms with E-state index in [0.717, 1.165) is 16.5 Å². The molecule has 0 bridgehead atoms. The van der Waals surface area contributed by atoms with E-state index >= 15 is 0 Å². The standard InChI is InChI=1S/C20H27NS/c1-4-6-16-13-18(12-15(16)5-2)21-10-9-17-11-14(3)7-8-19(17)20(21)22/h7-11,15-16,18H,4-6,12-13H2,1-3H3. The van der Waals surface area contributed by atoms with E-state index in [1.807, 2.05) is 0 Å². The zero-order valence-electron chi connectivity index (χ0n) is 14.0. The first-order valence-corrected chi connectivity index (χ1v) is 9.16. The number of benzene rings is 1. The molecule has 1 aromatic carbocycles. The molecular weight excluding hydrogens is 286 g/mol. The van der Waals surface area contributed by atoms with Crippen molar-refractivity contribution in [3.8, 4) is 0 Å². The van der Waals surface area contributed by atoms with Crippen LogP contribution in [0.2, 0.25) is 0 Å². The molecule has 1 aliphatic carbocycles. The number of rotatable bonds is 4. The maximum atomic E-state index is 5.81. The van der Waals surface area contributed by atoms with E-state index in [9.17, 15) is 0 Å². The average molecular weight is 314 g/mol. The van der Waals surface area contributed by atoms with Crippen LogP contribution in [0.3, 0.4) is 0 Å². The molecule has 0 amide bonds. The zero-order chi connectivity index (χ0) is 15.7. The van der Waals surface area contributed by atoms with Gasteiger partial charge < -0.3 is 4.57 Å². The quantitative estimate of drug-likeness (QED) is 0.587. The fraction of sp³-hybridized carbons (Fsp3) is 0.550. The van der Waals surface area contributed by atoms with Crippen LogP contribution < -0.4 is 0 Å². The molecule has 2 aromatic rings. The third-order valence-electron chi connectivity index (χ3n) is 5.48. The van der Waals surface area contributed by atoms with Crippen molar-refractivity contribution in [3.63, 3.8) is 0 Å². The minimum atomic E-state index is 0.597. The van der Waals surface area contributed by atoms with Crippen LogP contribution in [0.15, 0.2) is 30.5 Å². The number of nitrogens with zero attached hydrogens (tertiary/aromatic N) is 1. The molecule has 1 saturated carbocycles. The summed E-state index contributed by atoms with van der Waals surface area (Å²) >= 11 is 5.81. The van der Waals surface area contributed by atoms with E-state index in [4.69, 9.17) is 12.2 Å². The second-order valence-corrected chi connectivity index (χ2v) is 7.35. The van der Waals surface area contributed by atoms with Gasteiger partial charge in [-0.3, -0.25) is 0 Å². The highest BCUT2D eigenvalue weighted by atomic mass is 32.1. The third-order valence-corrected chi connectivity index (χ3v) is 5.91. The minimum absolute atomic E-state index is 0.597. The number of aromatic nitrogens is 1. The Labute approximate surface area is 139 Å². The number of fused-ring (bicyclic) bond motifs is 1. The topological polar surface area (TPSA) is 4.93 Å². The summed E-state index contributed by atoms with van der Waals surface area (Å²) in [5.41, 5.74) is 1.30. The van der Waals surface area contributed by atoms with Crippen LogP contribution in [0.4, 0.5) is 0 Å². The van der Waals surface area contributed by atoms with Gasteiger partial charge in [0.25, 0.3) is 0 Å². The predicted octanol–water partition coefficient (Wildman–Crippen LogP) is 6.46. The van der Waals surface area contributed by atoms with Crippen LogP contribution in [0.1, 0.15) is 57.6 Å². The Morgan fingerprint density at radius 2 is 1.91 bits per heavy atom. The molecule has 1 fully saturated rings. The molecule has 0 radical (unpaired) electrons. The summed E-state index contributed by atoms with van der Waals surface area (Å²) in [6.07, 6.45) is 8.81. The molecule has 0 saturated heterocycles. The highest BCUT2D eigenvalue weighted by Gasteiger charge is 2.33. The van der Waals surface area contributed by atoms with Crippen LogP contribution in [0.25, 0.3) is 10.8 Å². The molecule has 0 spiro atoms. The SMILES string of the molecule is CCCC1CC(n2ccc3cc(C)ccc3c2=S)CC1CC. The summed E-state index contributed by atoms with van der Waals surface area (Å²) in [4.78, 5) is 0. The second-order valence-electron chi connectivity index (χ2n) is 6.96. The van der Waals surface area contributed by atoms with Gasteiger partial charge in [0, 0.05) is 17.6 Å². The molecule has 3 unspecified atom stereocenters. The molecule has 3 rings (SSSR count). The Morgan fingerprint density at radius 1 is 1.14 bits per heavy atom. The maximum Gasteiger partial charge on any atom is 0.114 e. The molecule has 3 atom stereocenters. The largest absolute Gasteiger partial charge is 0.336 e. The Hall–Kier alpha value is -1.15. The van der Waals surface area contributed by atoms with Crippen molar-refractivity contribution in [2.24, 2.45) is 11.8 Å². The summed E-state index contributed by atoms with van der Waals surface area (Å²) < 4.78 is 3.40. The van der Waals surface area contributed by atoms with Gasteiger partial charge in [-0.2, -0.15) is 0 Å². The first kappa shape index (κ1) is 15.7. The zero-order valence-corrected chi connectivity index (χ0v) is 14.8. The lowest BCUT2D eigenvalue weighted by Crippen LogP contribution is -2.07. The molecule has 118 valence electrons. The van der Waals surface area contributed by atoms with Gasteiger partial charge in [-0.25, -0.2) is 0 Å². The molecule has 1 heterocycles. The molecular formula is C20H27NS. The summed E-state index contributed by atoms with van der Waals surface area (Å²) in [7, 11) is 0. The van der Waals surface area contributed by atoms with Gasteiger partial charge in [0.05, 0.1) is 0 Å². The normalized spacial score (nSPS) is 25.0. The van der Waals surface area contributed by atoms with E-state index in [-0.39, 0.29) is 0 Å². The molecule has 0 N–H and O–H groups in total. The Morgan fingerprint density at radius 3 is 2.64 bits per heavy atom. The van der Waals surface area contributed by atoms with Gasteiger partial charge in [0.15, 0.2) is 0 Å². The van der Waals surface area contributed by atoms with Gasteiger partial charge >= 0.3 is 0 Å². The van der Waals surface area contributed by atoms with Gasteiger partial charge in [0.1, 0.15) is 4.64 Å². The van der Waals surface area contributed by atoms with Gasteiger partial charge in [-0.15, -0.1) is 0 Å². The van der Waals surface area contributed by atoms with E-state index in [1.165, 1.54) is 48.4 Å². The van der Waals surface area contributed by atoms with Crippen LogP contribution in [-0.4, -0.2) is 4.57 Å².